The molecule has 0 rings (SSSR count). The molecule has 0 aromatic heterocycles. The van der Waals surface area contributed by atoms with Crippen molar-refractivity contribution in [2.24, 2.45) is 0 Å². The molecule has 9 nitrogen and oxygen atoms in total. The van der Waals surface area contributed by atoms with E-state index >= 15 is 0 Å². The molecular weight excluding hydrogens is 940 g/mol. The summed E-state index contributed by atoms with van der Waals surface area (Å²) in [7, 11) is 1.17. The van der Waals surface area contributed by atoms with E-state index in [1.807, 2.05) is 33.3 Å². The Morgan fingerprint density at radius 2 is 0.824 bits per heavy atom. The molecule has 3 unspecified atom stereocenters. The standard InChI is InChI=1S/C64H119N2O7P/c1-7-10-13-16-19-22-25-27-29-30-31-32-33-34-35-36-37-38-41-44-47-50-53-56-63(67)65-61(60-72-74(69,70)71-59-58-66(4,5)6)62(55-52-49-46-43-40-24-21-18-15-12-9-3)73-64(68)57-54-51-48-45-42-39-28-26-23-20-17-14-11-8-2/h19,22,27,29,31-32,39,42,52,55,61-62H,7-18,20-21,23-26,28,30,33-38,40-41,43-51,53-54,56-60H2,1-6H3,(H-,65,67,69,70)/b22-19-,29-27-,32-31-,42-39-,55-52-. The maximum Gasteiger partial charge on any atom is 0.306 e. The monoisotopic (exact) mass is 1060 g/mol. The van der Waals surface area contributed by atoms with Gasteiger partial charge in [0.25, 0.3) is 7.82 Å². The van der Waals surface area contributed by atoms with Crippen molar-refractivity contribution in [1.82, 2.24) is 5.32 Å². The third-order valence-electron chi connectivity index (χ3n) is 13.7. The van der Waals surface area contributed by atoms with E-state index in [2.05, 4.69) is 74.7 Å². The fourth-order valence-corrected chi connectivity index (χ4v) is 9.54. The third-order valence-corrected chi connectivity index (χ3v) is 14.6. The Labute approximate surface area is 458 Å². The Morgan fingerprint density at radius 1 is 0.473 bits per heavy atom. The molecule has 1 amide bonds. The topological polar surface area (TPSA) is 114 Å². The average Bonchev–Trinajstić information content (AvgIpc) is 3.36. The number of unbranched alkanes of at least 4 members (excludes halogenated alkanes) is 32. The molecule has 0 bridgehead atoms. The van der Waals surface area contributed by atoms with E-state index in [1.165, 1.54) is 154 Å². The van der Waals surface area contributed by atoms with Crippen LogP contribution in [0.5, 0.6) is 0 Å². The SMILES string of the molecule is CCCCC/C=C\C/C=C\C/C=C\CCCCCCCCCCCCC(=O)NC(COP(=O)([O-])OCC[N+](C)(C)C)C(/C=C\CCCCCCCCCCC)OC(=O)CCCCC/C=C\CCCCCCCCC. The number of phosphoric ester groups is 1. The van der Waals surface area contributed by atoms with Crippen molar-refractivity contribution >= 4 is 19.7 Å². The van der Waals surface area contributed by atoms with Gasteiger partial charge in [-0.25, -0.2) is 0 Å². The van der Waals surface area contributed by atoms with Crippen molar-refractivity contribution in [3.63, 3.8) is 0 Å². The summed E-state index contributed by atoms with van der Waals surface area (Å²) < 4.78 is 30.3. The zero-order chi connectivity index (χ0) is 54.3. The summed E-state index contributed by atoms with van der Waals surface area (Å²) in [6.45, 7) is 6.80. The number of likely N-dealkylation sites (N-methyl/N-ethyl adjacent to an activating group) is 1. The van der Waals surface area contributed by atoms with E-state index in [-0.39, 0.29) is 24.9 Å². The molecule has 1 N–H and O–H groups in total. The summed E-state index contributed by atoms with van der Waals surface area (Å²) in [5.41, 5.74) is 0. The van der Waals surface area contributed by atoms with Crippen molar-refractivity contribution in [1.29, 1.82) is 0 Å². The number of ether oxygens (including phenoxy) is 1. The number of carbonyl (C=O) groups is 2. The number of carbonyl (C=O) groups excluding carboxylic acids is 2. The van der Waals surface area contributed by atoms with Gasteiger partial charge in [-0.2, -0.15) is 0 Å². The summed E-state index contributed by atoms with van der Waals surface area (Å²) >= 11 is 0. The molecule has 432 valence electrons. The molecule has 0 spiro atoms. The molecule has 0 aliphatic rings. The summed E-state index contributed by atoms with van der Waals surface area (Å²) in [6, 6.07) is -0.896. The van der Waals surface area contributed by atoms with Crippen molar-refractivity contribution in [3.8, 4) is 0 Å². The number of allylic oxidation sites excluding steroid dienone is 9. The quantitative estimate of drug-likeness (QED) is 0.0212. The maximum atomic E-state index is 13.5. The first-order valence-corrected chi connectivity index (χ1v) is 32.6. The van der Waals surface area contributed by atoms with Crippen LogP contribution in [0.15, 0.2) is 60.8 Å². The fraction of sp³-hybridized carbons (Fsp3) is 0.812. The van der Waals surface area contributed by atoms with Gasteiger partial charge in [0.15, 0.2) is 0 Å². The first-order chi connectivity index (χ1) is 35.9. The molecule has 0 aromatic carbocycles. The molecule has 74 heavy (non-hydrogen) atoms. The van der Waals surface area contributed by atoms with Crippen LogP contribution in [0.1, 0.15) is 284 Å². The van der Waals surface area contributed by atoms with E-state index in [4.69, 9.17) is 13.8 Å². The summed E-state index contributed by atoms with van der Waals surface area (Å²) in [4.78, 5) is 39.9. The number of rotatable bonds is 56. The second kappa shape index (κ2) is 54.1. The number of phosphoric acid groups is 1. The van der Waals surface area contributed by atoms with Crippen LogP contribution in [0.3, 0.4) is 0 Å². The zero-order valence-corrected chi connectivity index (χ0v) is 50.2. The number of esters is 1. The van der Waals surface area contributed by atoms with Gasteiger partial charge in [0.1, 0.15) is 19.3 Å². The molecule has 0 fully saturated rings. The van der Waals surface area contributed by atoms with Gasteiger partial charge in [-0.3, -0.25) is 14.2 Å². The largest absolute Gasteiger partial charge is 0.756 e. The van der Waals surface area contributed by atoms with Crippen molar-refractivity contribution in [3.05, 3.63) is 60.8 Å². The lowest BCUT2D eigenvalue weighted by atomic mass is 10.0. The van der Waals surface area contributed by atoms with Gasteiger partial charge in [-0.15, -0.1) is 0 Å². The van der Waals surface area contributed by atoms with Gasteiger partial charge in [0.05, 0.1) is 33.8 Å². The lowest BCUT2D eigenvalue weighted by Crippen LogP contribution is -2.47. The number of nitrogens with one attached hydrogen (secondary N) is 1. The van der Waals surface area contributed by atoms with Crippen molar-refractivity contribution in [2.45, 2.75) is 296 Å². The van der Waals surface area contributed by atoms with Gasteiger partial charge in [-0.05, 0) is 96.0 Å². The highest BCUT2D eigenvalue weighted by Gasteiger charge is 2.27. The highest BCUT2D eigenvalue weighted by molar-refractivity contribution is 7.45. The molecule has 10 heteroatoms. The van der Waals surface area contributed by atoms with Gasteiger partial charge in [0, 0.05) is 12.8 Å². The molecule has 0 aliphatic carbocycles. The van der Waals surface area contributed by atoms with Crippen LogP contribution in [0.2, 0.25) is 0 Å². The van der Waals surface area contributed by atoms with E-state index < -0.39 is 26.6 Å². The van der Waals surface area contributed by atoms with E-state index in [9.17, 15) is 19.0 Å². The molecule has 0 aliphatic heterocycles. The van der Waals surface area contributed by atoms with E-state index in [0.29, 0.717) is 23.9 Å². The number of nitrogens with zero attached hydrogens (tertiary/aromatic N) is 1. The van der Waals surface area contributed by atoms with Crippen LogP contribution in [0.25, 0.3) is 0 Å². The predicted octanol–water partition coefficient (Wildman–Crippen LogP) is 18.4. The molecule has 0 radical (unpaired) electrons. The Balaban J connectivity index is 5.17. The molecule has 0 heterocycles. The van der Waals surface area contributed by atoms with Crippen LogP contribution in [-0.4, -0.2) is 69.4 Å². The molecule has 0 saturated carbocycles. The third kappa shape index (κ3) is 54.5. The smallest absolute Gasteiger partial charge is 0.306 e. The van der Waals surface area contributed by atoms with Gasteiger partial charge in [-0.1, -0.05) is 236 Å². The summed E-state index contributed by atoms with van der Waals surface area (Å²) in [5.74, 6) is -0.560. The van der Waals surface area contributed by atoms with Crippen LogP contribution in [-0.2, 0) is 27.9 Å². The van der Waals surface area contributed by atoms with Crippen LogP contribution >= 0.6 is 7.82 Å². The second-order valence-electron chi connectivity index (χ2n) is 22.2. The minimum absolute atomic E-state index is 0.0261. The van der Waals surface area contributed by atoms with Crippen LogP contribution < -0.4 is 10.2 Å². The lowest BCUT2D eigenvalue weighted by Gasteiger charge is -2.30. The number of quaternary nitrogens is 1. The normalized spacial score (nSPS) is 14.1. The molecule has 3 atom stereocenters. The Hall–Kier alpha value is -2.29. The first kappa shape index (κ1) is 71.7. The summed E-state index contributed by atoms with van der Waals surface area (Å²) in [5, 5.41) is 3.02. The molecule has 0 saturated heterocycles. The van der Waals surface area contributed by atoms with Gasteiger partial charge >= 0.3 is 5.97 Å². The first-order valence-electron chi connectivity index (χ1n) is 31.1. The van der Waals surface area contributed by atoms with Gasteiger partial charge < -0.3 is 28.5 Å². The Bertz CT molecular complexity index is 1450. The van der Waals surface area contributed by atoms with E-state index in [1.54, 1.807) is 0 Å². The minimum Gasteiger partial charge on any atom is -0.756 e. The minimum atomic E-state index is -4.70. The van der Waals surface area contributed by atoms with E-state index in [0.717, 1.165) is 89.9 Å². The summed E-state index contributed by atoms with van der Waals surface area (Å²) in [6.07, 6.45) is 67.6. The average molecular weight is 1060 g/mol. The van der Waals surface area contributed by atoms with Crippen LogP contribution in [0.4, 0.5) is 0 Å². The number of hydrogen-bond acceptors (Lipinski definition) is 7. The van der Waals surface area contributed by atoms with Crippen molar-refractivity contribution < 1.29 is 37.3 Å². The second-order valence-corrected chi connectivity index (χ2v) is 23.6. The van der Waals surface area contributed by atoms with Crippen molar-refractivity contribution in [2.75, 3.05) is 40.9 Å². The fourth-order valence-electron chi connectivity index (χ4n) is 8.82. The Morgan fingerprint density at radius 3 is 1.28 bits per heavy atom. The van der Waals surface area contributed by atoms with Crippen LogP contribution in [0, 0.1) is 0 Å². The Kier molecular flexibility index (Phi) is 52.4. The number of hydrogen-bond donors (Lipinski definition) is 1. The number of amides is 1. The predicted molar refractivity (Wildman–Crippen MR) is 316 cm³/mol. The zero-order valence-electron chi connectivity index (χ0n) is 49.3. The molecular formula is C64H119N2O7P. The highest BCUT2D eigenvalue weighted by Crippen LogP contribution is 2.38. The van der Waals surface area contributed by atoms with Gasteiger partial charge in [0.2, 0.25) is 5.91 Å². The molecule has 0 aromatic rings. The highest BCUT2D eigenvalue weighted by atomic mass is 31.2. The maximum absolute atomic E-state index is 13.5. The lowest BCUT2D eigenvalue weighted by molar-refractivity contribution is -0.870.